The number of methoxy groups -OCH3 is 1. The normalized spacial score (nSPS) is 16.2. The van der Waals surface area contributed by atoms with Crippen LogP contribution in [0.25, 0.3) is 0 Å². The van der Waals surface area contributed by atoms with Crippen LogP contribution in [0.5, 0.6) is 11.5 Å². The van der Waals surface area contributed by atoms with Crippen LogP contribution in [0.2, 0.25) is 0 Å². The Bertz CT molecular complexity index is 402. The molecule has 1 unspecified atom stereocenters. The summed E-state index contributed by atoms with van der Waals surface area (Å²) >= 11 is 0. The first kappa shape index (κ1) is 14.2. The fraction of sp³-hybridized carbons (Fsp3) is 0.625. The average molecular weight is 263 g/mol. The van der Waals surface area contributed by atoms with E-state index in [0.29, 0.717) is 6.61 Å². The van der Waals surface area contributed by atoms with E-state index in [1.807, 2.05) is 19.1 Å². The molecular formula is C16H25NO2. The summed E-state index contributed by atoms with van der Waals surface area (Å²) in [6, 6.07) is 6.07. The molecule has 1 atom stereocenters. The smallest absolute Gasteiger partial charge is 0.165 e. The molecule has 106 valence electrons. The number of benzene rings is 1. The molecule has 0 saturated heterocycles. The second-order valence-electron chi connectivity index (χ2n) is 5.33. The Kier molecular flexibility index (Phi) is 5.08. The van der Waals surface area contributed by atoms with Crippen LogP contribution >= 0.6 is 0 Å². The monoisotopic (exact) mass is 263 g/mol. The maximum Gasteiger partial charge on any atom is 0.165 e. The maximum absolute atomic E-state index is 5.59. The number of rotatable bonds is 8. The summed E-state index contributed by atoms with van der Waals surface area (Å²) in [6.07, 6.45) is 2.82. The van der Waals surface area contributed by atoms with Gasteiger partial charge in [-0.25, -0.2) is 0 Å². The van der Waals surface area contributed by atoms with Crippen LogP contribution < -0.4 is 14.8 Å². The zero-order valence-electron chi connectivity index (χ0n) is 12.2. The molecule has 1 fully saturated rings. The van der Waals surface area contributed by atoms with Gasteiger partial charge in [0.05, 0.1) is 13.7 Å². The van der Waals surface area contributed by atoms with Crippen LogP contribution in [0.3, 0.4) is 0 Å². The molecule has 19 heavy (non-hydrogen) atoms. The first-order valence-electron chi connectivity index (χ1n) is 7.25. The summed E-state index contributed by atoms with van der Waals surface area (Å²) in [5, 5.41) is 3.53. The van der Waals surface area contributed by atoms with Crippen LogP contribution in [-0.4, -0.2) is 20.3 Å². The van der Waals surface area contributed by atoms with Crippen LogP contribution in [-0.2, 0) is 6.54 Å². The van der Waals surface area contributed by atoms with Crippen molar-refractivity contribution < 1.29 is 9.47 Å². The van der Waals surface area contributed by atoms with Crippen molar-refractivity contribution in [1.29, 1.82) is 0 Å². The van der Waals surface area contributed by atoms with E-state index in [9.17, 15) is 0 Å². The molecule has 1 saturated carbocycles. The highest BCUT2D eigenvalue weighted by atomic mass is 16.5. The van der Waals surface area contributed by atoms with E-state index < -0.39 is 0 Å². The van der Waals surface area contributed by atoms with Gasteiger partial charge in [0.15, 0.2) is 11.5 Å². The van der Waals surface area contributed by atoms with E-state index in [0.717, 1.165) is 42.0 Å². The summed E-state index contributed by atoms with van der Waals surface area (Å²) in [5.74, 6) is 3.42. The predicted molar refractivity (Wildman–Crippen MR) is 77.8 cm³/mol. The Morgan fingerprint density at radius 3 is 2.79 bits per heavy atom. The highest BCUT2D eigenvalue weighted by Crippen LogP contribution is 2.36. The van der Waals surface area contributed by atoms with E-state index in [1.54, 1.807) is 7.11 Å². The first-order valence-corrected chi connectivity index (χ1v) is 7.25. The van der Waals surface area contributed by atoms with Crippen molar-refractivity contribution in [3.05, 3.63) is 23.8 Å². The van der Waals surface area contributed by atoms with Gasteiger partial charge >= 0.3 is 0 Å². The highest BCUT2D eigenvalue weighted by molar-refractivity contribution is 5.46. The number of ether oxygens (including phenoxy) is 2. The minimum Gasteiger partial charge on any atom is -0.493 e. The van der Waals surface area contributed by atoms with E-state index in [2.05, 4.69) is 18.3 Å². The van der Waals surface area contributed by atoms with Crippen molar-refractivity contribution in [2.45, 2.75) is 33.2 Å². The summed E-state index contributed by atoms with van der Waals surface area (Å²) < 4.78 is 11.1. The van der Waals surface area contributed by atoms with E-state index in [-0.39, 0.29) is 0 Å². The van der Waals surface area contributed by atoms with Crippen LogP contribution in [0.1, 0.15) is 32.3 Å². The molecule has 0 heterocycles. The topological polar surface area (TPSA) is 30.5 Å². The molecule has 0 amide bonds. The lowest BCUT2D eigenvalue weighted by molar-refractivity contribution is 0.308. The SMILES string of the molecule is CCOc1cccc(CNCC(C)C2CC2)c1OC. The molecule has 1 aliphatic carbocycles. The van der Waals surface area contributed by atoms with Crippen molar-refractivity contribution in [3.8, 4) is 11.5 Å². The lowest BCUT2D eigenvalue weighted by atomic mass is 10.1. The lowest BCUT2D eigenvalue weighted by Gasteiger charge is -2.15. The van der Waals surface area contributed by atoms with Gasteiger partial charge in [0.25, 0.3) is 0 Å². The van der Waals surface area contributed by atoms with Crippen LogP contribution in [0.4, 0.5) is 0 Å². The molecule has 2 rings (SSSR count). The fourth-order valence-corrected chi connectivity index (χ4v) is 2.47. The first-order chi connectivity index (χ1) is 9.26. The Morgan fingerprint density at radius 2 is 2.16 bits per heavy atom. The molecule has 0 aliphatic heterocycles. The minimum absolute atomic E-state index is 0.659. The summed E-state index contributed by atoms with van der Waals surface area (Å²) in [4.78, 5) is 0. The van der Waals surface area contributed by atoms with Crippen molar-refractivity contribution in [2.24, 2.45) is 11.8 Å². The number of para-hydroxylation sites is 1. The standard InChI is InChI=1S/C16H25NO2/c1-4-19-15-7-5-6-14(16(15)18-3)11-17-10-12(2)13-8-9-13/h5-7,12-13,17H,4,8-11H2,1-3H3. The second-order valence-corrected chi connectivity index (χ2v) is 5.33. The predicted octanol–water partition coefficient (Wildman–Crippen LogP) is 3.23. The van der Waals surface area contributed by atoms with Crippen LogP contribution in [0, 0.1) is 11.8 Å². The number of hydrogen-bond acceptors (Lipinski definition) is 3. The molecule has 0 spiro atoms. The zero-order valence-corrected chi connectivity index (χ0v) is 12.2. The van der Waals surface area contributed by atoms with Gasteiger partial charge in [-0.2, -0.15) is 0 Å². The zero-order chi connectivity index (χ0) is 13.7. The third-order valence-electron chi connectivity index (χ3n) is 3.77. The Labute approximate surface area is 116 Å². The average Bonchev–Trinajstić information content (AvgIpc) is 3.23. The van der Waals surface area contributed by atoms with Gasteiger partial charge in [-0.1, -0.05) is 19.1 Å². The molecule has 0 aromatic heterocycles. The minimum atomic E-state index is 0.659. The van der Waals surface area contributed by atoms with Crippen molar-refractivity contribution in [2.75, 3.05) is 20.3 Å². The van der Waals surface area contributed by atoms with Gasteiger partial charge < -0.3 is 14.8 Å². The largest absolute Gasteiger partial charge is 0.493 e. The summed E-state index contributed by atoms with van der Waals surface area (Å²) in [6.45, 7) is 6.89. The maximum atomic E-state index is 5.59. The van der Waals surface area contributed by atoms with Gasteiger partial charge in [-0.15, -0.1) is 0 Å². The van der Waals surface area contributed by atoms with Gasteiger partial charge in [-0.3, -0.25) is 0 Å². The molecule has 3 heteroatoms. The van der Waals surface area contributed by atoms with E-state index in [1.165, 1.54) is 12.8 Å². The highest BCUT2D eigenvalue weighted by Gasteiger charge is 2.27. The molecule has 0 radical (unpaired) electrons. The molecule has 1 aromatic carbocycles. The van der Waals surface area contributed by atoms with Gasteiger partial charge in [0.2, 0.25) is 0 Å². The van der Waals surface area contributed by atoms with Crippen LogP contribution in [0.15, 0.2) is 18.2 Å². The van der Waals surface area contributed by atoms with Crippen molar-refractivity contribution >= 4 is 0 Å². The second kappa shape index (κ2) is 6.80. The Morgan fingerprint density at radius 1 is 1.37 bits per heavy atom. The Hall–Kier alpha value is -1.22. The Balaban J connectivity index is 1.92. The van der Waals surface area contributed by atoms with E-state index >= 15 is 0 Å². The summed E-state index contributed by atoms with van der Waals surface area (Å²) in [5.41, 5.74) is 1.16. The van der Waals surface area contributed by atoms with Gasteiger partial charge in [-0.05, 0) is 44.2 Å². The molecular weight excluding hydrogens is 238 g/mol. The molecule has 0 bridgehead atoms. The van der Waals surface area contributed by atoms with E-state index in [4.69, 9.17) is 9.47 Å². The quantitative estimate of drug-likeness (QED) is 0.781. The molecule has 1 N–H and O–H groups in total. The van der Waals surface area contributed by atoms with Gasteiger partial charge in [0.1, 0.15) is 0 Å². The number of hydrogen-bond donors (Lipinski definition) is 1. The third kappa shape index (κ3) is 3.87. The third-order valence-corrected chi connectivity index (χ3v) is 3.77. The lowest BCUT2D eigenvalue weighted by Crippen LogP contribution is -2.22. The number of nitrogens with one attached hydrogen (secondary N) is 1. The molecule has 3 nitrogen and oxygen atoms in total. The fourth-order valence-electron chi connectivity index (χ4n) is 2.47. The molecule has 1 aliphatic rings. The van der Waals surface area contributed by atoms with Crippen molar-refractivity contribution in [1.82, 2.24) is 5.32 Å². The summed E-state index contributed by atoms with van der Waals surface area (Å²) in [7, 11) is 1.70. The van der Waals surface area contributed by atoms with Crippen molar-refractivity contribution in [3.63, 3.8) is 0 Å². The van der Waals surface area contributed by atoms with Gasteiger partial charge in [0, 0.05) is 12.1 Å². The molecule has 1 aromatic rings.